The van der Waals surface area contributed by atoms with Crippen LogP contribution < -0.4 is 5.32 Å². The van der Waals surface area contributed by atoms with Crippen molar-refractivity contribution in [2.24, 2.45) is 0 Å². The van der Waals surface area contributed by atoms with Crippen LogP contribution in [0.3, 0.4) is 0 Å². The fraction of sp³-hybridized carbons (Fsp3) is 0.353. The quantitative estimate of drug-likeness (QED) is 0.676. The summed E-state index contributed by atoms with van der Waals surface area (Å²) < 4.78 is 4.28. The largest absolute Gasteiger partial charge is 0.346 e. The lowest BCUT2D eigenvalue weighted by Gasteiger charge is -2.08. The highest BCUT2D eigenvalue weighted by atomic mass is 15.3. The second kappa shape index (κ2) is 6.59. The average Bonchev–Trinajstić information content (AvgIpc) is 3.15. The third-order valence-corrected chi connectivity index (χ3v) is 3.78. The highest BCUT2D eigenvalue weighted by molar-refractivity contribution is 5.83. The molecule has 0 spiro atoms. The number of nitrogens with one attached hydrogen (secondary N) is 1. The first-order valence-electron chi connectivity index (χ1n) is 7.63. The number of aromatic nitrogens is 3. The number of aryl methyl sites for hydroxylation is 2. The third-order valence-electron chi connectivity index (χ3n) is 3.78. The van der Waals surface area contributed by atoms with Crippen LogP contribution in [0.4, 0.5) is 0 Å². The zero-order valence-electron chi connectivity index (χ0n) is 12.5. The molecule has 0 saturated carbocycles. The minimum Gasteiger partial charge on any atom is -0.346 e. The van der Waals surface area contributed by atoms with Gasteiger partial charge >= 0.3 is 0 Å². The Balaban J connectivity index is 1.76. The van der Waals surface area contributed by atoms with Gasteiger partial charge in [-0.25, -0.2) is 0 Å². The van der Waals surface area contributed by atoms with Gasteiger partial charge in [-0.15, -0.1) is 0 Å². The van der Waals surface area contributed by atoms with Gasteiger partial charge in [0.1, 0.15) is 0 Å². The van der Waals surface area contributed by atoms with Gasteiger partial charge in [-0.1, -0.05) is 19.1 Å². The van der Waals surface area contributed by atoms with E-state index >= 15 is 0 Å². The smallest absolute Gasteiger partial charge is 0.0588 e. The van der Waals surface area contributed by atoms with E-state index in [1.807, 2.05) is 23.1 Å². The van der Waals surface area contributed by atoms with Gasteiger partial charge in [0.25, 0.3) is 0 Å². The summed E-state index contributed by atoms with van der Waals surface area (Å²) >= 11 is 0. The minimum absolute atomic E-state index is 0.898. The Labute approximate surface area is 125 Å². The standard InChI is InChI=1S/C17H22N4/c1-2-8-18-14-15-5-3-6-17-16(15)7-11-20(17)12-13-21-10-4-9-19-21/h3-7,9-11,18H,2,8,12-14H2,1H3. The molecule has 21 heavy (non-hydrogen) atoms. The van der Waals surface area contributed by atoms with Crippen LogP contribution in [0.15, 0.2) is 48.9 Å². The molecule has 1 N–H and O–H groups in total. The lowest BCUT2D eigenvalue weighted by molar-refractivity contribution is 0.543. The van der Waals surface area contributed by atoms with Gasteiger partial charge in [-0.3, -0.25) is 4.68 Å². The lowest BCUT2D eigenvalue weighted by Crippen LogP contribution is -2.13. The maximum absolute atomic E-state index is 4.26. The molecule has 0 aliphatic heterocycles. The molecule has 3 rings (SSSR count). The van der Waals surface area contributed by atoms with E-state index < -0.39 is 0 Å². The summed E-state index contributed by atoms with van der Waals surface area (Å²) in [5, 5.41) is 9.09. The summed E-state index contributed by atoms with van der Waals surface area (Å²) in [6.45, 7) is 6.04. The molecule has 0 aliphatic rings. The number of fused-ring (bicyclic) bond motifs is 1. The van der Waals surface area contributed by atoms with Crippen LogP contribution in [0.5, 0.6) is 0 Å². The Hall–Kier alpha value is -2.07. The van der Waals surface area contributed by atoms with Crippen LogP contribution in [0.1, 0.15) is 18.9 Å². The molecule has 0 amide bonds. The molecule has 0 unspecified atom stereocenters. The van der Waals surface area contributed by atoms with Gasteiger partial charge in [-0.2, -0.15) is 5.10 Å². The van der Waals surface area contributed by atoms with Crippen LogP contribution in [0, 0.1) is 0 Å². The molecule has 1 aromatic carbocycles. The zero-order valence-corrected chi connectivity index (χ0v) is 12.5. The monoisotopic (exact) mass is 282 g/mol. The summed E-state index contributed by atoms with van der Waals surface area (Å²) in [7, 11) is 0. The van der Waals surface area contributed by atoms with Crippen molar-refractivity contribution in [3.05, 3.63) is 54.5 Å². The summed E-state index contributed by atoms with van der Waals surface area (Å²) in [5.41, 5.74) is 2.68. The summed E-state index contributed by atoms with van der Waals surface area (Å²) in [6.07, 6.45) is 7.18. The molecule has 2 aromatic heterocycles. The topological polar surface area (TPSA) is 34.8 Å². The van der Waals surface area contributed by atoms with Crippen molar-refractivity contribution in [2.45, 2.75) is 33.0 Å². The first-order valence-corrected chi connectivity index (χ1v) is 7.63. The van der Waals surface area contributed by atoms with E-state index in [2.05, 4.69) is 52.4 Å². The Morgan fingerprint density at radius 1 is 1.10 bits per heavy atom. The fourth-order valence-electron chi connectivity index (χ4n) is 2.68. The van der Waals surface area contributed by atoms with E-state index in [-0.39, 0.29) is 0 Å². The lowest BCUT2D eigenvalue weighted by atomic mass is 10.1. The fourth-order valence-corrected chi connectivity index (χ4v) is 2.68. The van der Waals surface area contributed by atoms with E-state index in [0.29, 0.717) is 0 Å². The van der Waals surface area contributed by atoms with Crippen LogP contribution in [0.2, 0.25) is 0 Å². The van der Waals surface area contributed by atoms with Crippen LogP contribution in [-0.2, 0) is 19.6 Å². The van der Waals surface area contributed by atoms with E-state index in [4.69, 9.17) is 0 Å². The molecule has 0 bridgehead atoms. The molecule has 0 atom stereocenters. The molecule has 2 heterocycles. The average molecular weight is 282 g/mol. The van der Waals surface area contributed by atoms with E-state index in [1.54, 1.807) is 0 Å². The summed E-state index contributed by atoms with van der Waals surface area (Å²) in [5.74, 6) is 0. The normalized spacial score (nSPS) is 11.3. The highest BCUT2D eigenvalue weighted by Gasteiger charge is 2.05. The van der Waals surface area contributed by atoms with Crippen molar-refractivity contribution in [1.82, 2.24) is 19.7 Å². The van der Waals surface area contributed by atoms with E-state index in [9.17, 15) is 0 Å². The number of hydrogen-bond acceptors (Lipinski definition) is 2. The molecular weight excluding hydrogens is 260 g/mol. The van der Waals surface area contributed by atoms with Crippen molar-refractivity contribution in [1.29, 1.82) is 0 Å². The Bertz CT molecular complexity index is 682. The second-order valence-electron chi connectivity index (χ2n) is 5.30. The predicted octanol–water partition coefficient (Wildman–Crippen LogP) is 3.04. The SMILES string of the molecule is CCCNCc1cccc2c1ccn2CCn1cccn1. The first kappa shape index (κ1) is 13.9. The van der Waals surface area contributed by atoms with Crippen LogP contribution in [0.25, 0.3) is 10.9 Å². The molecule has 3 aromatic rings. The molecule has 0 fully saturated rings. The van der Waals surface area contributed by atoms with Gasteiger partial charge in [0, 0.05) is 42.6 Å². The number of benzene rings is 1. The van der Waals surface area contributed by atoms with Gasteiger partial charge < -0.3 is 9.88 Å². The maximum atomic E-state index is 4.26. The van der Waals surface area contributed by atoms with Crippen molar-refractivity contribution in [3.8, 4) is 0 Å². The maximum Gasteiger partial charge on any atom is 0.0588 e. The molecule has 0 saturated heterocycles. The van der Waals surface area contributed by atoms with E-state index in [0.717, 1.165) is 26.2 Å². The summed E-state index contributed by atoms with van der Waals surface area (Å²) in [4.78, 5) is 0. The molecule has 110 valence electrons. The minimum atomic E-state index is 0.898. The first-order chi connectivity index (χ1) is 10.4. The van der Waals surface area contributed by atoms with E-state index in [1.165, 1.54) is 22.9 Å². The van der Waals surface area contributed by atoms with Crippen molar-refractivity contribution in [2.75, 3.05) is 6.54 Å². The molecule has 0 radical (unpaired) electrons. The zero-order chi connectivity index (χ0) is 14.5. The van der Waals surface area contributed by atoms with Gasteiger partial charge in [0.15, 0.2) is 0 Å². The third kappa shape index (κ3) is 3.16. The highest BCUT2D eigenvalue weighted by Crippen LogP contribution is 2.20. The second-order valence-corrected chi connectivity index (χ2v) is 5.30. The molecule has 0 aliphatic carbocycles. The number of rotatable bonds is 7. The van der Waals surface area contributed by atoms with Gasteiger partial charge in [0.05, 0.1) is 6.54 Å². The molecule has 4 heteroatoms. The van der Waals surface area contributed by atoms with Crippen molar-refractivity contribution < 1.29 is 0 Å². The van der Waals surface area contributed by atoms with Crippen LogP contribution in [-0.4, -0.2) is 20.9 Å². The Morgan fingerprint density at radius 3 is 2.86 bits per heavy atom. The van der Waals surface area contributed by atoms with Gasteiger partial charge in [-0.05, 0) is 36.7 Å². The van der Waals surface area contributed by atoms with Crippen LogP contribution >= 0.6 is 0 Å². The number of hydrogen-bond donors (Lipinski definition) is 1. The Morgan fingerprint density at radius 2 is 2.05 bits per heavy atom. The summed E-state index contributed by atoms with van der Waals surface area (Å²) in [6, 6.07) is 10.7. The van der Waals surface area contributed by atoms with Gasteiger partial charge in [0.2, 0.25) is 0 Å². The molecular formula is C17H22N4. The van der Waals surface area contributed by atoms with Crippen molar-refractivity contribution in [3.63, 3.8) is 0 Å². The predicted molar refractivity (Wildman–Crippen MR) is 86.2 cm³/mol. The molecule has 4 nitrogen and oxygen atoms in total. The number of nitrogens with zero attached hydrogens (tertiary/aromatic N) is 3. The Kier molecular flexibility index (Phi) is 4.36. The van der Waals surface area contributed by atoms with Crippen molar-refractivity contribution >= 4 is 10.9 Å².